The van der Waals surface area contributed by atoms with Gasteiger partial charge in [0.25, 0.3) is 5.91 Å². The highest BCUT2D eigenvalue weighted by Gasteiger charge is 2.22. The molecule has 1 saturated heterocycles. The van der Waals surface area contributed by atoms with E-state index in [4.69, 9.17) is 4.42 Å². The SMILES string of the molecule is O=C(NCCN1CCN(C(=O)Cn2c(=O)oc3ccccc32)CC1)c1ccsc1. The van der Waals surface area contributed by atoms with Crippen LogP contribution in [0.4, 0.5) is 0 Å². The van der Waals surface area contributed by atoms with E-state index < -0.39 is 5.76 Å². The maximum atomic E-state index is 12.7. The standard InChI is InChI=1S/C20H22N4O4S/c25-18(13-24-16-3-1-2-4-17(16)28-20(24)27)23-10-8-22(9-11-23)7-6-21-19(26)15-5-12-29-14-15/h1-5,12,14H,6-11,13H2,(H,21,26). The molecule has 1 N–H and O–H groups in total. The van der Waals surface area contributed by atoms with Crippen molar-refractivity contribution in [3.63, 3.8) is 0 Å². The Labute approximate surface area is 171 Å². The van der Waals surface area contributed by atoms with Gasteiger partial charge in [-0.15, -0.1) is 0 Å². The van der Waals surface area contributed by atoms with Crippen molar-refractivity contribution in [1.29, 1.82) is 0 Å². The Morgan fingerprint density at radius 1 is 1.10 bits per heavy atom. The number of nitrogens with zero attached hydrogens (tertiary/aromatic N) is 3. The molecule has 0 unspecified atom stereocenters. The number of hydrogen-bond acceptors (Lipinski definition) is 6. The molecule has 2 amide bonds. The van der Waals surface area contributed by atoms with Crippen LogP contribution >= 0.6 is 11.3 Å². The molecule has 2 aromatic heterocycles. The zero-order valence-corrected chi connectivity index (χ0v) is 16.7. The van der Waals surface area contributed by atoms with Crippen LogP contribution in [0.2, 0.25) is 0 Å². The molecule has 3 heterocycles. The zero-order chi connectivity index (χ0) is 20.2. The summed E-state index contributed by atoms with van der Waals surface area (Å²) in [7, 11) is 0. The Hall–Kier alpha value is -2.91. The molecule has 0 saturated carbocycles. The number of fused-ring (bicyclic) bond motifs is 1. The topological polar surface area (TPSA) is 87.8 Å². The van der Waals surface area contributed by atoms with E-state index in [1.54, 1.807) is 29.2 Å². The van der Waals surface area contributed by atoms with Gasteiger partial charge in [0.15, 0.2) is 5.58 Å². The molecule has 29 heavy (non-hydrogen) atoms. The van der Waals surface area contributed by atoms with Crippen molar-refractivity contribution in [2.45, 2.75) is 6.54 Å². The van der Waals surface area contributed by atoms with Gasteiger partial charge in [-0.05, 0) is 23.6 Å². The second kappa shape index (κ2) is 8.62. The molecule has 1 aliphatic rings. The maximum Gasteiger partial charge on any atom is 0.420 e. The van der Waals surface area contributed by atoms with Gasteiger partial charge >= 0.3 is 5.76 Å². The molecular formula is C20H22N4O4S. The van der Waals surface area contributed by atoms with Gasteiger partial charge < -0.3 is 14.6 Å². The molecule has 4 rings (SSSR count). The molecule has 0 aliphatic carbocycles. The van der Waals surface area contributed by atoms with Crippen molar-refractivity contribution in [1.82, 2.24) is 19.7 Å². The van der Waals surface area contributed by atoms with Crippen molar-refractivity contribution in [3.8, 4) is 0 Å². The molecule has 0 spiro atoms. The molecule has 0 atom stereocenters. The number of nitrogens with one attached hydrogen (secondary N) is 1. The predicted molar refractivity (Wildman–Crippen MR) is 110 cm³/mol. The monoisotopic (exact) mass is 414 g/mol. The quantitative estimate of drug-likeness (QED) is 0.656. The van der Waals surface area contributed by atoms with Crippen LogP contribution in [0.3, 0.4) is 0 Å². The number of hydrogen-bond donors (Lipinski definition) is 1. The predicted octanol–water partition coefficient (Wildman–Crippen LogP) is 1.23. The van der Waals surface area contributed by atoms with E-state index in [9.17, 15) is 14.4 Å². The minimum atomic E-state index is -0.514. The summed E-state index contributed by atoms with van der Waals surface area (Å²) in [6, 6.07) is 8.90. The van der Waals surface area contributed by atoms with E-state index in [-0.39, 0.29) is 18.4 Å². The molecule has 0 radical (unpaired) electrons. The molecule has 1 aliphatic heterocycles. The van der Waals surface area contributed by atoms with Gasteiger partial charge in [-0.1, -0.05) is 12.1 Å². The second-order valence-electron chi connectivity index (χ2n) is 6.91. The zero-order valence-electron chi connectivity index (χ0n) is 15.9. The van der Waals surface area contributed by atoms with Crippen LogP contribution in [0.25, 0.3) is 11.1 Å². The first-order valence-electron chi connectivity index (χ1n) is 9.51. The van der Waals surface area contributed by atoms with E-state index in [1.807, 2.05) is 16.8 Å². The van der Waals surface area contributed by atoms with Crippen molar-refractivity contribution < 1.29 is 14.0 Å². The van der Waals surface area contributed by atoms with E-state index in [0.29, 0.717) is 36.3 Å². The summed E-state index contributed by atoms with van der Waals surface area (Å²) in [5.41, 5.74) is 1.80. The summed E-state index contributed by atoms with van der Waals surface area (Å²) in [6.07, 6.45) is 0. The molecular weight excluding hydrogens is 392 g/mol. The first-order chi connectivity index (χ1) is 14.1. The highest BCUT2D eigenvalue weighted by molar-refractivity contribution is 7.08. The third kappa shape index (κ3) is 4.41. The lowest BCUT2D eigenvalue weighted by Crippen LogP contribution is -2.51. The van der Waals surface area contributed by atoms with Crippen LogP contribution in [0.15, 0.2) is 50.3 Å². The lowest BCUT2D eigenvalue weighted by Gasteiger charge is -2.34. The molecule has 0 bridgehead atoms. The lowest BCUT2D eigenvalue weighted by atomic mass is 10.3. The van der Waals surface area contributed by atoms with Gasteiger partial charge in [0.1, 0.15) is 6.54 Å². The number of benzene rings is 1. The summed E-state index contributed by atoms with van der Waals surface area (Å²) < 4.78 is 6.57. The van der Waals surface area contributed by atoms with Gasteiger partial charge in [0.2, 0.25) is 5.91 Å². The minimum Gasteiger partial charge on any atom is -0.408 e. The van der Waals surface area contributed by atoms with E-state index in [1.165, 1.54) is 15.9 Å². The van der Waals surface area contributed by atoms with Gasteiger partial charge in [-0.25, -0.2) is 4.79 Å². The fourth-order valence-corrected chi connectivity index (χ4v) is 4.08. The van der Waals surface area contributed by atoms with Gasteiger partial charge in [-0.2, -0.15) is 11.3 Å². The largest absolute Gasteiger partial charge is 0.420 e. The van der Waals surface area contributed by atoms with Crippen molar-refractivity contribution in [2.75, 3.05) is 39.3 Å². The van der Waals surface area contributed by atoms with Crippen LogP contribution < -0.4 is 11.1 Å². The Bertz CT molecular complexity index is 1050. The van der Waals surface area contributed by atoms with Crippen LogP contribution in [0, 0.1) is 0 Å². The first-order valence-corrected chi connectivity index (χ1v) is 10.4. The fourth-order valence-electron chi connectivity index (χ4n) is 3.44. The Morgan fingerprint density at radius 3 is 2.66 bits per heavy atom. The van der Waals surface area contributed by atoms with Gasteiger partial charge in [0.05, 0.1) is 5.52 Å². The number of carbonyl (C=O) groups excluding carboxylic acids is 2. The smallest absolute Gasteiger partial charge is 0.408 e. The number of thiophene rings is 1. The highest BCUT2D eigenvalue weighted by atomic mass is 32.1. The normalized spacial score (nSPS) is 15.0. The summed E-state index contributed by atoms with van der Waals surface area (Å²) >= 11 is 1.50. The van der Waals surface area contributed by atoms with Crippen molar-refractivity contribution >= 4 is 34.3 Å². The molecule has 1 aromatic carbocycles. The van der Waals surface area contributed by atoms with Gasteiger partial charge in [-0.3, -0.25) is 19.1 Å². The summed E-state index contributed by atoms with van der Waals surface area (Å²) in [5.74, 6) is -0.665. The van der Waals surface area contributed by atoms with E-state index >= 15 is 0 Å². The minimum absolute atomic E-state index is 0.0213. The third-order valence-electron chi connectivity index (χ3n) is 5.09. The number of para-hydroxylation sites is 2. The molecule has 9 heteroatoms. The number of oxazole rings is 1. The number of rotatable bonds is 6. The lowest BCUT2D eigenvalue weighted by molar-refractivity contribution is -0.133. The maximum absolute atomic E-state index is 12.7. The van der Waals surface area contributed by atoms with Gasteiger partial charge in [0, 0.05) is 50.2 Å². The first kappa shape index (κ1) is 19.4. The van der Waals surface area contributed by atoms with Crippen LogP contribution in [0.5, 0.6) is 0 Å². The fraction of sp³-hybridized carbons (Fsp3) is 0.350. The Balaban J connectivity index is 1.25. The average Bonchev–Trinajstić information content (AvgIpc) is 3.37. The average molecular weight is 414 g/mol. The number of aromatic nitrogens is 1. The van der Waals surface area contributed by atoms with Crippen molar-refractivity contribution in [2.24, 2.45) is 0 Å². The Morgan fingerprint density at radius 2 is 1.90 bits per heavy atom. The van der Waals surface area contributed by atoms with Crippen LogP contribution in [-0.2, 0) is 11.3 Å². The second-order valence-corrected chi connectivity index (χ2v) is 7.69. The number of amides is 2. The summed E-state index contributed by atoms with van der Waals surface area (Å²) in [5, 5.41) is 6.62. The summed E-state index contributed by atoms with van der Waals surface area (Å²) in [4.78, 5) is 40.6. The van der Waals surface area contributed by atoms with E-state index in [0.717, 1.165) is 19.6 Å². The van der Waals surface area contributed by atoms with Crippen molar-refractivity contribution in [3.05, 3.63) is 57.2 Å². The third-order valence-corrected chi connectivity index (χ3v) is 5.77. The molecule has 8 nitrogen and oxygen atoms in total. The van der Waals surface area contributed by atoms with Crippen LogP contribution in [-0.4, -0.2) is 65.4 Å². The molecule has 152 valence electrons. The number of piperazine rings is 1. The molecule has 1 fully saturated rings. The number of carbonyl (C=O) groups is 2. The molecule has 3 aromatic rings. The van der Waals surface area contributed by atoms with E-state index in [2.05, 4.69) is 10.2 Å². The highest BCUT2D eigenvalue weighted by Crippen LogP contribution is 2.12. The Kier molecular flexibility index (Phi) is 5.77. The summed E-state index contributed by atoms with van der Waals surface area (Å²) in [6.45, 7) is 3.96. The van der Waals surface area contributed by atoms with Crippen LogP contribution in [0.1, 0.15) is 10.4 Å².